The van der Waals surface area contributed by atoms with E-state index < -0.39 is 12.0 Å². The van der Waals surface area contributed by atoms with Crippen molar-refractivity contribution in [3.8, 4) is 0 Å². The van der Waals surface area contributed by atoms with Crippen molar-refractivity contribution in [3.05, 3.63) is 35.9 Å². The Balaban J connectivity index is 1.95. The van der Waals surface area contributed by atoms with E-state index in [-0.39, 0.29) is 0 Å². The van der Waals surface area contributed by atoms with Crippen molar-refractivity contribution in [3.63, 3.8) is 0 Å². The molecule has 0 bridgehead atoms. The van der Waals surface area contributed by atoms with Gasteiger partial charge < -0.3 is 20.3 Å². The number of carbonyl (C=O) groups is 1. The molecule has 1 rings (SSSR count). The van der Waals surface area contributed by atoms with Crippen molar-refractivity contribution in [1.82, 2.24) is 0 Å². The highest BCUT2D eigenvalue weighted by Crippen LogP contribution is 2.00. The fourth-order valence-electron chi connectivity index (χ4n) is 1.32. The van der Waals surface area contributed by atoms with Crippen molar-refractivity contribution in [2.24, 2.45) is 5.73 Å². The summed E-state index contributed by atoms with van der Waals surface area (Å²) in [6, 6.07) is 9.01. The van der Waals surface area contributed by atoms with E-state index in [1.54, 1.807) is 0 Å². The summed E-state index contributed by atoms with van der Waals surface area (Å²) in [4.78, 5) is 10.4. The summed E-state index contributed by atoms with van der Waals surface area (Å²) in [6.07, 6.45) is 0.314. The van der Waals surface area contributed by atoms with Crippen molar-refractivity contribution in [1.29, 1.82) is 0 Å². The average molecular weight is 253 g/mol. The number of hydrogen-bond donors (Lipinski definition) is 2. The maximum Gasteiger partial charge on any atom is 0.320 e. The van der Waals surface area contributed by atoms with Gasteiger partial charge in [0.25, 0.3) is 0 Å². The molecule has 18 heavy (non-hydrogen) atoms. The predicted octanol–water partition coefficient (Wildman–Crippen LogP) is 1.02. The highest BCUT2D eigenvalue weighted by Gasteiger charge is 2.10. The topological polar surface area (TPSA) is 81.8 Å². The summed E-state index contributed by atoms with van der Waals surface area (Å²) < 4.78 is 10.6. The van der Waals surface area contributed by atoms with Crippen LogP contribution in [0.15, 0.2) is 30.3 Å². The number of benzene rings is 1. The lowest BCUT2D eigenvalue weighted by molar-refractivity contribution is -0.139. The molecule has 1 aromatic rings. The lowest BCUT2D eigenvalue weighted by atomic mass is 10.2. The third kappa shape index (κ3) is 6.34. The molecule has 0 fully saturated rings. The van der Waals surface area contributed by atoms with Crippen LogP contribution in [0, 0.1) is 0 Å². The van der Waals surface area contributed by atoms with Crippen LogP contribution in [0.2, 0.25) is 0 Å². The molecule has 0 aliphatic heterocycles. The minimum atomic E-state index is -1.00. The monoisotopic (exact) mass is 253 g/mol. The molecule has 100 valence electrons. The summed E-state index contributed by atoms with van der Waals surface area (Å²) in [6.45, 7) is 1.82. The number of hydrogen-bond acceptors (Lipinski definition) is 4. The highest BCUT2D eigenvalue weighted by atomic mass is 16.5. The Bertz CT molecular complexity index is 342. The fraction of sp³-hybridized carbons (Fsp3) is 0.462. The van der Waals surface area contributed by atoms with Crippen LogP contribution in [0.3, 0.4) is 0 Å². The van der Waals surface area contributed by atoms with E-state index in [1.165, 1.54) is 0 Å². The van der Waals surface area contributed by atoms with Gasteiger partial charge in [0.2, 0.25) is 0 Å². The Kier molecular flexibility index (Phi) is 7.01. The fourth-order valence-corrected chi connectivity index (χ4v) is 1.32. The van der Waals surface area contributed by atoms with E-state index >= 15 is 0 Å². The number of rotatable bonds is 9. The number of carboxylic acids is 1. The standard InChI is InChI=1S/C13H19NO4/c14-12(13(15)16)6-7-17-8-9-18-10-11-4-2-1-3-5-11/h1-5,12H,6-10,14H2,(H,15,16)/t12-/m0/s1. The molecular formula is C13H19NO4. The molecule has 0 aliphatic carbocycles. The van der Waals surface area contributed by atoms with Crippen LogP contribution < -0.4 is 5.73 Å². The zero-order valence-electron chi connectivity index (χ0n) is 10.2. The highest BCUT2D eigenvalue weighted by molar-refractivity contribution is 5.72. The second-order valence-electron chi connectivity index (χ2n) is 3.88. The van der Waals surface area contributed by atoms with Crippen LogP contribution in [0.25, 0.3) is 0 Å². The molecule has 0 aliphatic rings. The van der Waals surface area contributed by atoms with E-state index in [9.17, 15) is 4.79 Å². The SMILES string of the molecule is N[C@@H](CCOCCOCc1ccccc1)C(=O)O. The van der Waals surface area contributed by atoms with Gasteiger partial charge in [-0.25, -0.2) is 0 Å². The van der Waals surface area contributed by atoms with E-state index in [2.05, 4.69) is 0 Å². The van der Waals surface area contributed by atoms with E-state index in [4.69, 9.17) is 20.3 Å². The minimum absolute atomic E-state index is 0.314. The van der Waals surface area contributed by atoms with Crippen LogP contribution >= 0.6 is 0 Å². The van der Waals surface area contributed by atoms with Crippen molar-refractivity contribution < 1.29 is 19.4 Å². The van der Waals surface area contributed by atoms with Gasteiger partial charge in [-0.05, 0) is 12.0 Å². The van der Waals surface area contributed by atoms with Gasteiger partial charge >= 0.3 is 5.97 Å². The first-order valence-electron chi connectivity index (χ1n) is 5.88. The third-order valence-corrected chi connectivity index (χ3v) is 2.37. The molecule has 5 nitrogen and oxygen atoms in total. The van der Waals surface area contributed by atoms with Crippen molar-refractivity contribution >= 4 is 5.97 Å². The Morgan fingerprint density at radius 2 is 1.83 bits per heavy atom. The van der Waals surface area contributed by atoms with E-state index in [0.29, 0.717) is 32.8 Å². The first kappa shape index (κ1) is 14.6. The van der Waals surface area contributed by atoms with Gasteiger partial charge in [0, 0.05) is 6.61 Å². The maximum absolute atomic E-state index is 10.4. The minimum Gasteiger partial charge on any atom is -0.480 e. The number of aliphatic carboxylic acids is 1. The molecule has 1 aromatic carbocycles. The van der Waals surface area contributed by atoms with Crippen LogP contribution in [0.5, 0.6) is 0 Å². The molecule has 0 saturated heterocycles. The third-order valence-electron chi connectivity index (χ3n) is 2.37. The molecule has 0 amide bonds. The second-order valence-corrected chi connectivity index (χ2v) is 3.88. The normalized spacial score (nSPS) is 12.3. The molecule has 0 aromatic heterocycles. The summed E-state index contributed by atoms with van der Waals surface area (Å²) in [5.41, 5.74) is 6.44. The van der Waals surface area contributed by atoms with Gasteiger partial charge in [-0.15, -0.1) is 0 Å². The molecule has 5 heteroatoms. The Labute approximate surface area is 107 Å². The van der Waals surface area contributed by atoms with Gasteiger partial charge in [-0.3, -0.25) is 4.79 Å². The van der Waals surface area contributed by atoms with Crippen LogP contribution in [-0.2, 0) is 20.9 Å². The molecule has 0 unspecified atom stereocenters. The summed E-state index contributed by atoms with van der Waals surface area (Å²) in [5.74, 6) is -1.00. The van der Waals surface area contributed by atoms with E-state index in [1.807, 2.05) is 30.3 Å². The predicted molar refractivity (Wildman–Crippen MR) is 67.1 cm³/mol. The first-order valence-corrected chi connectivity index (χ1v) is 5.88. The van der Waals surface area contributed by atoms with Crippen LogP contribution in [0.1, 0.15) is 12.0 Å². The Morgan fingerprint density at radius 3 is 2.50 bits per heavy atom. The summed E-state index contributed by atoms with van der Waals surface area (Å²) in [5, 5.41) is 8.54. The maximum atomic E-state index is 10.4. The Morgan fingerprint density at radius 1 is 1.17 bits per heavy atom. The van der Waals surface area contributed by atoms with Crippen molar-refractivity contribution in [2.75, 3.05) is 19.8 Å². The molecule has 0 heterocycles. The smallest absolute Gasteiger partial charge is 0.320 e. The Hall–Kier alpha value is -1.43. The van der Waals surface area contributed by atoms with E-state index in [0.717, 1.165) is 5.56 Å². The number of nitrogens with two attached hydrogens (primary N) is 1. The van der Waals surface area contributed by atoms with Gasteiger partial charge in [0.15, 0.2) is 0 Å². The number of ether oxygens (including phenoxy) is 2. The molecule has 1 atom stereocenters. The van der Waals surface area contributed by atoms with Crippen LogP contribution in [0.4, 0.5) is 0 Å². The number of carboxylic acid groups (broad SMARTS) is 1. The average Bonchev–Trinajstić information content (AvgIpc) is 2.38. The van der Waals surface area contributed by atoms with Crippen molar-refractivity contribution in [2.45, 2.75) is 19.1 Å². The zero-order valence-corrected chi connectivity index (χ0v) is 10.2. The summed E-state index contributed by atoms with van der Waals surface area (Å²) >= 11 is 0. The molecule has 0 spiro atoms. The summed E-state index contributed by atoms with van der Waals surface area (Å²) in [7, 11) is 0. The zero-order chi connectivity index (χ0) is 13.2. The van der Waals surface area contributed by atoms with Crippen LogP contribution in [-0.4, -0.2) is 36.9 Å². The second kappa shape index (κ2) is 8.63. The van der Waals surface area contributed by atoms with Gasteiger partial charge in [-0.1, -0.05) is 30.3 Å². The molecular weight excluding hydrogens is 234 g/mol. The molecule has 3 N–H and O–H groups in total. The van der Waals surface area contributed by atoms with Gasteiger partial charge in [0.05, 0.1) is 19.8 Å². The quantitative estimate of drug-likeness (QED) is 0.642. The first-order chi connectivity index (χ1) is 8.70. The molecule has 0 radical (unpaired) electrons. The molecule has 0 saturated carbocycles. The lowest BCUT2D eigenvalue weighted by Crippen LogP contribution is -2.31. The van der Waals surface area contributed by atoms with Gasteiger partial charge in [-0.2, -0.15) is 0 Å². The largest absolute Gasteiger partial charge is 0.480 e. The lowest BCUT2D eigenvalue weighted by Gasteiger charge is -2.08. The van der Waals surface area contributed by atoms with Gasteiger partial charge in [0.1, 0.15) is 6.04 Å².